The van der Waals surface area contributed by atoms with E-state index in [9.17, 15) is 18.0 Å². The summed E-state index contributed by atoms with van der Waals surface area (Å²) in [6, 6.07) is 6.03. The van der Waals surface area contributed by atoms with E-state index in [4.69, 9.17) is 0 Å². The molecule has 6 nitrogen and oxygen atoms in total. The highest BCUT2D eigenvalue weighted by Crippen LogP contribution is 2.31. The molecule has 0 atom stereocenters. The second-order valence-electron chi connectivity index (χ2n) is 5.17. The third kappa shape index (κ3) is 3.05. The van der Waals surface area contributed by atoms with Crippen LogP contribution in [-0.4, -0.2) is 19.4 Å². The summed E-state index contributed by atoms with van der Waals surface area (Å²) in [5, 5.41) is 2.71. The lowest BCUT2D eigenvalue weighted by atomic mass is 10.2. The molecule has 2 aromatic heterocycles. The van der Waals surface area contributed by atoms with Crippen molar-refractivity contribution >= 4 is 17.4 Å². The molecule has 0 spiro atoms. The number of benzene rings is 1. The first-order valence-corrected chi connectivity index (χ1v) is 6.93. The van der Waals surface area contributed by atoms with E-state index in [-0.39, 0.29) is 23.0 Å². The fraction of sp³-hybridized carbons (Fsp3) is 0.200. The highest BCUT2D eigenvalue weighted by molar-refractivity contribution is 5.56. The zero-order valence-corrected chi connectivity index (χ0v) is 12.7. The van der Waals surface area contributed by atoms with Crippen molar-refractivity contribution in [3.05, 3.63) is 57.8 Å². The van der Waals surface area contributed by atoms with Gasteiger partial charge in [0.2, 0.25) is 11.7 Å². The van der Waals surface area contributed by atoms with Crippen LogP contribution in [0.1, 0.15) is 17.1 Å². The fourth-order valence-corrected chi connectivity index (χ4v) is 2.24. The van der Waals surface area contributed by atoms with Crippen molar-refractivity contribution in [2.75, 3.05) is 5.32 Å². The number of hydrogen-bond donors (Lipinski definition) is 1. The molecule has 1 N–H and O–H groups in total. The van der Waals surface area contributed by atoms with Crippen molar-refractivity contribution in [3.8, 4) is 0 Å². The number of hydrogen-bond acceptors (Lipinski definition) is 5. The van der Waals surface area contributed by atoms with E-state index in [1.54, 1.807) is 13.8 Å². The van der Waals surface area contributed by atoms with E-state index in [1.807, 2.05) is 0 Å². The lowest BCUT2D eigenvalue weighted by Gasteiger charge is -2.11. The molecule has 1 aromatic carbocycles. The Labute approximate surface area is 134 Å². The average Bonchev–Trinajstić information content (AvgIpc) is 2.45. The van der Waals surface area contributed by atoms with Crippen LogP contribution in [0.3, 0.4) is 0 Å². The molecule has 2 heterocycles. The Balaban J connectivity index is 2.04. The normalized spacial score (nSPS) is 11.7. The van der Waals surface area contributed by atoms with Crippen molar-refractivity contribution in [1.29, 1.82) is 0 Å². The van der Waals surface area contributed by atoms with Crippen LogP contribution in [0.25, 0.3) is 5.78 Å². The molecule has 0 aliphatic carbocycles. The largest absolute Gasteiger partial charge is 0.416 e. The molecule has 0 fully saturated rings. The molecular formula is C15H12F3N5O. The van der Waals surface area contributed by atoms with E-state index in [0.29, 0.717) is 11.5 Å². The Morgan fingerprint density at radius 3 is 2.54 bits per heavy atom. The molecule has 0 unspecified atom stereocenters. The molecule has 3 aromatic rings. The summed E-state index contributed by atoms with van der Waals surface area (Å²) in [6.07, 6.45) is -4.44. The summed E-state index contributed by atoms with van der Waals surface area (Å²) in [5.74, 6) is 0.512. The molecule has 0 saturated heterocycles. The Bertz CT molecular complexity index is 981. The van der Waals surface area contributed by atoms with Crippen molar-refractivity contribution in [2.24, 2.45) is 0 Å². The number of aromatic nitrogens is 4. The van der Waals surface area contributed by atoms with E-state index >= 15 is 0 Å². The highest BCUT2D eigenvalue weighted by Gasteiger charge is 2.30. The first-order chi connectivity index (χ1) is 11.2. The Morgan fingerprint density at radius 2 is 1.83 bits per heavy atom. The van der Waals surface area contributed by atoms with Crippen LogP contribution in [0, 0.1) is 13.8 Å². The molecule has 124 valence electrons. The van der Waals surface area contributed by atoms with Gasteiger partial charge in [-0.1, -0.05) is 6.07 Å². The molecule has 0 saturated carbocycles. The monoisotopic (exact) mass is 335 g/mol. The summed E-state index contributed by atoms with van der Waals surface area (Å²) in [4.78, 5) is 24.3. The Kier molecular flexibility index (Phi) is 3.70. The van der Waals surface area contributed by atoms with Crippen LogP contribution in [0.15, 0.2) is 35.1 Å². The number of halogens is 3. The second-order valence-corrected chi connectivity index (χ2v) is 5.17. The van der Waals surface area contributed by atoms with Gasteiger partial charge in [0.05, 0.1) is 5.56 Å². The van der Waals surface area contributed by atoms with Gasteiger partial charge in [-0.05, 0) is 32.0 Å². The van der Waals surface area contributed by atoms with E-state index in [2.05, 4.69) is 20.3 Å². The van der Waals surface area contributed by atoms with Gasteiger partial charge in [-0.25, -0.2) is 9.38 Å². The Morgan fingerprint density at radius 1 is 1.08 bits per heavy atom. The summed E-state index contributed by atoms with van der Waals surface area (Å²) in [5.41, 5.74) is -0.428. The number of rotatable bonds is 2. The SMILES string of the molecule is Cc1cc(=O)n2c(C)nc(Nc3cccc(C(F)(F)F)c3)nc2n1. The standard InChI is InChI=1S/C15H12F3N5O/c1-8-6-12(24)23-9(2)20-13(22-14(23)19-8)21-11-5-3-4-10(7-11)15(16,17)18/h3-7H,1-2H3,(H,19,21,22). The molecule has 0 aliphatic heterocycles. The number of fused-ring (bicyclic) bond motifs is 1. The van der Waals surface area contributed by atoms with E-state index < -0.39 is 11.7 Å². The predicted octanol–water partition coefficient (Wildman–Crippen LogP) is 2.86. The minimum atomic E-state index is -4.44. The van der Waals surface area contributed by atoms with Crippen molar-refractivity contribution in [1.82, 2.24) is 19.4 Å². The van der Waals surface area contributed by atoms with Gasteiger partial charge < -0.3 is 5.32 Å². The minimum absolute atomic E-state index is 0.0596. The van der Waals surface area contributed by atoms with Gasteiger partial charge in [0.25, 0.3) is 5.56 Å². The second kappa shape index (κ2) is 5.59. The molecule has 0 bridgehead atoms. The van der Waals surface area contributed by atoms with Crippen LogP contribution in [-0.2, 0) is 6.18 Å². The first-order valence-electron chi connectivity index (χ1n) is 6.93. The number of nitrogens with zero attached hydrogens (tertiary/aromatic N) is 4. The van der Waals surface area contributed by atoms with Crippen molar-refractivity contribution < 1.29 is 13.2 Å². The fourth-order valence-electron chi connectivity index (χ4n) is 2.24. The van der Waals surface area contributed by atoms with Crippen LogP contribution < -0.4 is 10.9 Å². The third-order valence-corrected chi connectivity index (χ3v) is 3.27. The third-order valence-electron chi connectivity index (χ3n) is 3.27. The number of anilines is 2. The summed E-state index contributed by atoms with van der Waals surface area (Å²) in [6.45, 7) is 3.24. The molecule has 24 heavy (non-hydrogen) atoms. The minimum Gasteiger partial charge on any atom is -0.324 e. The first kappa shape index (κ1) is 15.9. The molecule has 9 heteroatoms. The number of aryl methyl sites for hydroxylation is 2. The lowest BCUT2D eigenvalue weighted by Crippen LogP contribution is -2.20. The predicted molar refractivity (Wildman–Crippen MR) is 81.3 cm³/mol. The topological polar surface area (TPSA) is 72.2 Å². The van der Waals surface area contributed by atoms with E-state index in [1.165, 1.54) is 22.6 Å². The van der Waals surface area contributed by atoms with Crippen LogP contribution in [0.2, 0.25) is 0 Å². The van der Waals surface area contributed by atoms with Gasteiger partial charge >= 0.3 is 6.18 Å². The van der Waals surface area contributed by atoms with Gasteiger partial charge in [-0.15, -0.1) is 0 Å². The van der Waals surface area contributed by atoms with Gasteiger partial charge in [0.1, 0.15) is 5.82 Å². The van der Waals surface area contributed by atoms with Gasteiger partial charge in [0, 0.05) is 17.4 Å². The zero-order chi connectivity index (χ0) is 17.5. The highest BCUT2D eigenvalue weighted by atomic mass is 19.4. The molecule has 0 amide bonds. The van der Waals surface area contributed by atoms with Crippen LogP contribution in [0.5, 0.6) is 0 Å². The zero-order valence-electron chi connectivity index (χ0n) is 12.7. The van der Waals surface area contributed by atoms with Gasteiger partial charge in [-0.2, -0.15) is 23.1 Å². The molecule has 0 radical (unpaired) electrons. The lowest BCUT2D eigenvalue weighted by molar-refractivity contribution is -0.137. The molecule has 0 aliphatic rings. The van der Waals surface area contributed by atoms with Gasteiger partial charge in [-0.3, -0.25) is 4.79 Å². The summed E-state index contributed by atoms with van der Waals surface area (Å²) in [7, 11) is 0. The van der Waals surface area contributed by atoms with Gasteiger partial charge in [0.15, 0.2) is 0 Å². The van der Waals surface area contributed by atoms with Crippen molar-refractivity contribution in [2.45, 2.75) is 20.0 Å². The number of alkyl halides is 3. The van der Waals surface area contributed by atoms with Crippen molar-refractivity contribution in [3.63, 3.8) is 0 Å². The summed E-state index contributed by atoms with van der Waals surface area (Å²) >= 11 is 0. The maximum Gasteiger partial charge on any atom is 0.416 e. The molecular weight excluding hydrogens is 323 g/mol. The van der Waals surface area contributed by atoms with Crippen LogP contribution >= 0.6 is 0 Å². The maximum atomic E-state index is 12.8. The molecule has 3 rings (SSSR count). The van der Waals surface area contributed by atoms with E-state index in [0.717, 1.165) is 12.1 Å². The Hall–Kier alpha value is -2.97. The summed E-state index contributed by atoms with van der Waals surface area (Å²) < 4.78 is 39.5. The van der Waals surface area contributed by atoms with Crippen LogP contribution in [0.4, 0.5) is 24.8 Å². The smallest absolute Gasteiger partial charge is 0.324 e. The quantitative estimate of drug-likeness (QED) is 0.780. The maximum absolute atomic E-state index is 12.8. The number of nitrogens with one attached hydrogen (secondary N) is 1. The average molecular weight is 335 g/mol.